The third-order valence-electron chi connectivity index (χ3n) is 6.69. The van der Waals surface area contributed by atoms with E-state index >= 15 is 0 Å². The van der Waals surface area contributed by atoms with Crippen molar-refractivity contribution in [1.82, 2.24) is 25.1 Å². The first-order valence-corrected chi connectivity index (χ1v) is 13.4. The van der Waals surface area contributed by atoms with Crippen LogP contribution in [0, 0.1) is 5.13 Å². The summed E-state index contributed by atoms with van der Waals surface area (Å²) in [5.41, 5.74) is 7.86. The molecule has 9 heteroatoms. The molecule has 1 amide bonds. The van der Waals surface area contributed by atoms with Gasteiger partial charge in [0.15, 0.2) is 5.13 Å². The molecule has 0 radical (unpaired) electrons. The first-order chi connectivity index (χ1) is 19.6. The smallest absolute Gasteiger partial charge is 0.228 e. The summed E-state index contributed by atoms with van der Waals surface area (Å²) in [6.45, 7) is 0. The van der Waals surface area contributed by atoms with Gasteiger partial charge in [-0.05, 0) is 48.0 Å². The van der Waals surface area contributed by atoms with Crippen molar-refractivity contribution >= 4 is 44.9 Å². The molecule has 0 bridgehead atoms. The van der Waals surface area contributed by atoms with Crippen molar-refractivity contribution in [3.63, 3.8) is 0 Å². The number of rotatable bonds is 6. The van der Waals surface area contributed by atoms with E-state index in [1.165, 1.54) is 6.07 Å². The molecular formula is C31H21FN6OS. The lowest BCUT2D eigenvalue weighted by Gasteiger charge is -2.07. The van der Waals surface area contributed by atoms with Crippen molar-refractivity contribution in [2.24, 2.45) is 0 Å². The number of benzene rings is 2. The van der Waals surface area contributed by atoms with Crippen LogP contribution in [-0.2, 0) is 11.2 Å². The highest BCUT2D eigenvalue weighted by atomic mass is 32.1. The number of carbonyl (C=O) groups excluding carboxylic acids is 1. The van der Waals surface area contributed by atoms with Crippen LogP contribution in [0.1, 0.15) is 5.56 Å². The van der Waals surface area contributed by atoms with E-state index in [0.717, 1.165) is 55.0 Å². The minimum atomic E-state index is -0.216. The summed E-state index contributed by atoms with van der Waals surface area (Å²) in [6.07, 6.45) is 3.62. The molecule has 0 fully saturated rings. The molecule has 3 N–H and O–H groups in total. The van der Waals surface area contributed by atoms with Gasteiger partial charge in [0.1, 0.15) is 11.2 Å². The Kier molecular flexibility index (Phi) is 5.90. The molecule has 5 heterocycles. The molecule has 194 valence electrons. The number of fused-ring (bicyclic) bond motifs is 2. The summed E-state index contributed by atoms with van der Waals surface area (Å²) < 4.78 is 13.7. The Hall–Kier alpha value is -5.15. The van der Waals surface area contributed by atoms with E-state index in [1.807, 2.05) is 72.8 Å². The second kappa shape index (κ2) is 9.87. The number of aromatic amines is 2. The number of hydrogen-bond donors (Lipinski definition) is 3. The topological polar surface area (TPSA) is 99.4 Å². The Balaban J connectivity index is 1.21. The number of anilines is 1. The predicted molar refractivity (Wildman–Crippen MR) is 156 cm³/mol. The van der Waals surface area contributed by atoms with Gasteiger partial charge in [0, 0.05) is 33.1 Å². The van der Waals surface area contributed by atoms with Crippen molar-refractivity contribution in [3.05, 3.63) is 108 Å². The fourth-order valence-corrected chi connectivity index (χ4v) is 5.61. The largest absolute Gasteiger partial charge is 0.353 e. The fourth-order valence-electron chi connectivity index (χ4n) is 4.84. The number of thiophene rings is 1. The number of halogens is 1. The van der Waals surface area contributed by atoms with E-state index in [9.17, 15) is 9.18 Å². The summed E-state index contributed by atoms with van der Waals surface area (Å²) in [7, 11) is 0. The summed E-state index contributed by atoms with van der Waals surface area (Å²) in [5, 5.41) is 11.3. The second-order valence-electron chi connectivity index (χ2n) is 9.39. The average molecular weight is 545 g/mol. The Morgan fingerprint density at radius 2 is 1.82 bits per heavy atom. The zero-order chi connectivity index (χ0) is 27.1. The number of aromatic nitrogens is 5. The van der Waals surface area contributed by atoms with Crippen LogP contribution in [0.15, 0.2) is 97.3 Å². The number of pyridine rings is 2. The summed E-state index contributed by atoms with van der Waals surface area (Å²) in [4.78, 5) is 26.1. The maximum atomic E-state index is 13.7. The van der Waals surface area contributed by atoms with Crippen molar-refractivity contribution in [1.29, 1.82) is 0 Å². The lowest BCUT2D eigenvalue weighted by Crippen LogP contribution is -2.14. The predicted octanol–water partition coefficient (Wildman–Crippen LogP) is 7.22. The van der Waals surface area contributed by atoms with Gasteiger partial charge in [-0.25, -0.2) is 4.98 Å². The van der Waals surface area contributed by atoms with Gasteiger partial charge in [-0.1, -0.05) is 42.5 Å². The SMILES string of the molecule is O=C(Cc1ccccc1)Nc1cncc(-c2ccc3[nH]nc(-c4cc5c(-c6ccc(F)s6)cccc5[nH]4)c3n2)c1. The number of nitrogens with one attached hydrogen (secondary N) is 3. The van der Waals surface area contributed by atoms with Crippen molar-refractivity contribution in [2.45, 2.75) is 6.42 Å². The van der Waals surface area contributed by atoms with Crippen LogP contribution < -0.4 is 5.32 Å². The van der Waals surface area contributed by atoms with Crippen LogP contribution in [0.4, 0.5) is 10.1 Å². The van der Waals surface area contributed by atoms with E-state index in [2.05, 4.69) is 25.5 Å². The lowest BCUT2D eigenvalue weighted by molar-refractivity contribution is -0.115. The number of nitrogens with zero attached hydrogens (tertiary/aromatic N) is 3. The molecule has 7 nitrogen and oxygen atoms in total. The minimum Gasteiger partial charge on any atom is -0.353 e. The van der Waals surface area contributed by atoms with E-state index in [1.54, 1.807) is 18.5 Å². The van der Waals surface area contributed by atoms with Crippen LogP contribution in [0.5, 0.6) is 0 Å². The van der Waals surface area contributed by atoms with Gasteiger partial charge < -0.3 is 10.3 Å². The molecule has 0 aliphatic carbocycles. The highest BCUT2D eigenvalue weighted by Gasteiger charge is 2.16. The van der Waals surface area contributed by atoms with Gasteiger partial charge in [0.25, 0.3) is 0 Å². The van der Waals surface area contributed by atoms with E-state index < -0.39 is 0 Å². The van der Waals surface area contributed by atoms with E-state index in [0.29, 0.717) is 22.6 Å². The monoisotopic (exact) mass is 544 g/mol. The summed E-state index contributed by atoms with van der Waals surface area (Å²) >= 11 is 1.12. The van der Waals surface area contributed by atoms with E-state index in [-0.39, 0.29) is 17.5 Å². The molecule has 7 aromatic rings. The standard InChI is InChI=1S/C31H21FN6OS/c32-28-12-11-27(40-28)21-7-4-8-24-22(21)15-26(35-24)31-30-25(37-38-31)10-9-23(36-30)19-14-20(17-33-16-19)34-29(39)13-18-5-2-1-3-6-18/h1-12,14-17,35H,13H2,(H,34,39)(H,37,38). The van der Waals surface area contributed by atoms with Gasteiger partial charge in [0.05, 0.1) is 35.2 Å². The molecule has 0 spiro atoms. The Morgan fingerprint density at radius 1 is 0.925 bits per heavy atom. The minimum absolute atomic E-state index is 0.117. The van der Waals surface area contributed by atoms with Crippen LogP contribution in [0.2, 0.25) is 0 Å². The fraction of sp³-hybridized carbons (Fsp3) is 0.0323. The van der Waals surface area contributed by atoms with Crippen LogP contribution in [0.25, 0.3) is 55.0 Å². The Labute approximate surface area is 231 Å². The summed E-state index contributed by atoms with van der Waals surface area (Å²) in [6, 6.07) is 26.5. The number of amides is 1. The zero-order valence-corrected chi connectivity index (χ0v) is 21.8. The molecule has 0 saturated heterocycles. The number of carbonyl (C=O) groups is 1. The molecule has 0 aliphatic rings. The van der Waals surface area contributed by atoms with Crippen molar-refractivity contribution in [2.75, 3.05) is 5.32 Å². The average Bonchev–Trinajstić information content (AvgIpc) is 3.71. The first-order valence-electron chi connectivity index (χ1n) is 12.6. The molecule has 0 unspecified atom stereocenters. The third-order valence-corrected chi connectivity index (χ3v) is 7.60. The maximum absolute atomic E-state index is 13.7. The Bertz CT molecular complexity index is 2010. The van der Waals surface area contributed by atoms with Gasteiger partial charge >= 0.3 is 0 Å². The maximum Gasteiger partial charge on any atom is 0.228 e. The highest BCUT2D eigenvalue weighted by molar-refractivity contribution is 7.14. The first kappa shape index (κ1) is 23.9. The molecule has 0 saturated carbocycles. The molecular weight excluding hydrogens is 523 g/mol. The molecule has 40 heavy (non-hydrogen) atoms. The summed E-state index contributed by atoms with van der Waals surface area (Å²) in [5.74, 6) is -0.117. The van der Waals surface area contributed by atoms with Gasteiger partial charge in [-0.3, -0.25) is 14.9 Å². The van der Waals surface area contributed by atoms with Crippen LogP contribution in [0.3, 0.4) is 0 Å². The molecule has 0 aliphatic heterocycles. The zero-order valence-electron chi connectivity index (χ0n) is 21.0. The van der Waals surface area contributed by atoms with Crippen LogP contribution >= 0.6 is 11.3 Å². The quantitative estimate of drug-likeness (QED) is 0.206. The van der Waals surface area contributed by atoms with Crippen LogP contribution in [-0.4, -0.2) is 31.1 Å². The van der Waals surface area contributed by atoms with Gasteiger partial charge in [0.2, 0.25) is 5.91 Å². The second-order valence-corrected chi connectivity index (χ2v) is 10.4. The van der Waals surface area contributed by atoms with Crippen molar-refractivity contribution in [3.8, 4) is 33.1 Å². The Morgan fingerprint density at radius 3 is 2.67 bits per heavy atom. The highest BCUT2D eigenvalue weighted by Crippen LogP contribution is 2.36. The number of H-pyrrole nitrogens is 2. The third kappa shape index (κ3) is 4.52. The molecule has 7 rings (SSSR count). The molecule has 5 aromatic heterocycles. The van der Waals surface area contributed by atoms with Gasteiger partial charge in [-0.15, -0.1) is 11.3 Å². The van der Waals surface area contributed by atoms with E-state index in [4.69, 9.17) is 4.98 Å². The number of hydrogen-bond acceptors (Lipinski definition) is 5. The van der Waals surface area contributed by atoms with Gasteiger partial charge in [-0.2, -0.15) is 9.49 Å². The normalized spacial score (nSPS) is 11.3. The van der Waals surface area contributed by atoms with Crippen molar-refractivity contribution < 1.29 is 9.18 Å². The molecule has 2 aromatic carbocycles. The lowest BCUT2D eigenvalue weighted by atomic mass is 10.1. The molecule has 0 atom stereocenters.